The molecule has 0 aromatic heterocycles. The lowest BCUT2D eigenvalue weighted by Crippen LogP contribution is -2.49. The molecule has 2 nitrogen and oxygen atoms in total. The van der Waals surface area contributed by atoms with Crippen LogP contribution in [0.4, 0.5) is 0 Å². The van der Waals surface area contributed by atoms with Gasteiger partial charge in [0.1, 0.15) is 0 Å². The van der Waals surface area contributed by atoms with Crippen molar-refractivity contribution >= 4 is 0 Å². The van der Waals surface area contributed by atoms with Crippen molar-refractivity contribution in [1.82, 2.24) is 5.43 Å². The van der Waals surface area contributed by atoms with E-state index < -0.39 is 0 Å². The average molecular weight is 272 g/mol. The van der Waals surface area contributed by atoms with Gasteiger partial charge in [0.25, 0.3) is 0 Å². The van der Waals surface area contributed by atoms with Gasteiger partial charge in [0, 0.05) is 6.04 Å². The van der Waals surface area contributed by atoms with Crippen molar-refractivity contribution in [3.63, 3.8) is 0 Å². The Kier molecular flexibility index (Phi) is 3.87. The molecule has 4 atom stereocenters. The average Bonchev–Trinajstić information content (AvgIpc) is 3.23. The van der Waals surface area contributed by atoms with Crippen molar-refractivity contribution in [2.75, 3.05) is 0 Å². The molecule has 2 aliphatic rings. The summed E-state index contributed by atoms with van der Waals surface area (Å²) in [5.74, 6) is 8.12. The highest BCUT2D eigenvalue weighted by molar-refractivity contribution is 5.27. The molecule has 110 valence electrons. The first kappa shape index (κ1) is 14.1. The first-order valence-electron chi connectivity index (χ1n) is 8.14. The molecule has 1 aromatic rings. The van der Waals surface area contributed by atoms with E-state index >= 15 is 0 Å². The van der Waals surface area contributed by atoms with E-state index in [9.17, 15) is 0 Å². The summed E-state index contributed by atoms with van der Waals surface area (Å²) >= 11 is 0. The van der Waals surface area contributed by atoms with E-state index in [-0.39, 0.29) is 0 Å². The summed E-state index contributed by atoms with van der Waals surface area (Å²) < 4.78 is 0. The van der Waals surface area contributed by atoms with E-state index in [2.05, 4.69) is 49.6 Å². The van der Waals surface area contributed by atoms with Gasteiger partial charge >= 0.3 is 0 Å². The van der Waals surface area contributed by atoms with Crippen molar-refractivity contribution in [3.8, 4) is 0 Å². The topological polar surface area (TPSA) is 38.0 Å². The smallest absolute Gasteiger partial charge is 0.0278 e. The highest BCUT2D eigenvalue weighted by Gasteiger charge is 2.49. The third-order valence-corrected chi connectivity index (χ3v) is 5.74. The highest BCUT2D eigenvalue weighted by Crippen LogP contribution is 2.54. The Morgan fingerprint density at radius 2 is 1.95 bits per heavy atom. The van der Waals surface area contributed by atoms with Crippen LogP contribution in [-0.2, 0) is 0 Å². The van der Waals surface area contributed by atoms with Gasteiger partial charge in [0.05, 0.1) is 0 Å². The molecule has 0 radical (unpaired) electrons. The van der Waals surface area contributed by atoms with Crippen LogP contribution in [0.2, 0.25) is 0 Å². The van der Waals surface area contributed by atoms with Crippen LogP contribution >= 0.6 is 0 Å². The molecule has 2 fully saturated rings. The molecule has 4 unspecified atom stereocenters. The molecule has 0 heterocycles. The summed E-state index contributed by atoms with van der Waals surface area (Å²) in [6.07, 6.45) is 6.73. The molecule has 0 spiro atoms. The van der Waals surface area contributed by atoms with Gasteiger partial charge in [-0.05, 0) is 48.0 Å². The van der Waals surface area contributed by atoms with Crippen LogP contribution in [-0.4, -0.2) is 6.04 Å². The Bertz CT molecular complexity index is 440. The van der Waals surface area contributed by atoms with Crippen LogP contribution in [0.1, 0.15) is 57.4 Å². The van der Waals surface area contributed by atoms with E-state index in [1.165, 1.54) is 37.7 Å². The number of benzene rings is 1. The molecule has 2 aliphatic carbocycles. The standard InChI is InChI=1S/C18H28N2/c1-18(2)11-7-6-10-16(18)17(20-19)15-12-14(15)13-8-4-3-5-9-13/h3-5,8-9,14-17,20H,6-7,10-12,19H2,1-2H3. The van der Waals surface area contributed by atoms with Gasteiger partial charge in [-0.3, -0.25) is 11.3 Å². The maximum absolute atomic E-state index is 5.96. The zero-order chi connectivity index (χ0) is 14.2. The Morgan fingerprint density at radius 3 is 2.60 bits per heavy atom. The lowest BCUT2D eigenvalue weighted by atomic mass is 9.65. The molecule has 20 heavy (non-hydrogen) atoms. The van der Waals surface area contributed by atoms with Crippen LogP contribution in [0.25, 0.3) is 0 Å². The zero-order valence-corrected chi connectivity index (χ0v) is 12.8. The fraction of sp³-hybridized carbons (Fsp3) is 0.667. The van der Waals surface area contributed by atoms with E-state index in [4.69, 9.17) is 5.84 Å². The van der Waals surface area contributed by atoms with Crippen molar-refractivity contribution in [2.45, 2.75) is 57.9 Å². The third kappa shape index (κ3) is 2.64. The first-order valence-corrected chi connectivity index (χ1v) is 8.14. The number of hydrogen-bond donors (Lipinski definition) is 2. The quantitative estimate of drug-likeness (QED) is 0.645. The third-order valence-electron chi connectivity index (χ3n) is 5.74. The molecular formula is C18H28N2. The second-order valence-electron chi connectivity index (χ2n) is 7.45. The second kappa shape index (κ2) is 5.50. The summed E-state index contributed by atoms with van der Waals surface area (Å²) in [6, 6.07) is 11.4. The molecule has 0 amide bonds. The van der Waals surface area contributed by atoms with E-state index in [0.29, 0.717) is 11.5 Å². The van der Waals surface area contributed by atoms with Gasteiger partial charge in [-0.2, -0.15) is 0 Å². The summed E-state index contributed by atoms with van der Waals surface area (Å²) in [4.78, 5) is 0. The minimum atomic E-state index is 0.430. The van der Waals surface area contributed by atoms with Gasteiger partial charge in [0.2, 0.25) is 0 Å². The number of nitrogens with one attached hydrogen (secondary N) is 1. The number of hydrazine groups is 1. The number of nitrogens with two attached hydrogens (primary N) is 1. The summed E-state index contributed by atoms with van der Waals surface area (Å²) in [7, 11) is 0. The van der Waals surface area contributed by atoms with Gasteiger partial charge in [-0.15, -0.1) is 0 Å². The molecule has 2 saturated carbocycles. The Morgan fingerprint density at radius 1 is 1.20 bits per heavy atom. The molecule has 0 saturated heterocycles. The Hall–Kier alpha value is -0.860. The number of hydrogen-bond acceptors (Lipinski definition) is 2. The molecule has 1 aromatic carbocycles. The minimum Gasteiger partial charge on any atom is -0.271 e. The predicted molar refractivity (Wildman–Crippen MR) is 84.1 cm³/mol. The maximum Gasteiger partial charge on any atom is 0.0278 e. The van der Waals surface area contributed by atoms with Crippen molar-refractivity contribution in [1.29, 1.82) is 0 Å². The monoisotopic (exact) mass is 272 g/mol. The normalized spacial score (nSPS) is 33.6. The predicted octanol–water partition coefficient (Wildman–Crippen LogP) is 3.84. The lowest BCUT2D eigenvalue weighted by Gasteiger charge is -2.43. The van der Waals surface area contributed by atoms with Crippen molar-refractivity contribution in [3.05, 3.63) is 35.9 Å². The van der Waals surface area contributed by atoms with Crippen molar-refractivity contribution in [2.24, 2.45) is 23.1 Å². The summed E-state index contributed by atoms with van der Waals surface area (Å²) in [6.45, 7) is 4.86. The van der Waals surface area contributed by atoms with E-state index in [0.717, 1.165) is 17.8 Å². The molecule has 3 N–H and O–H groups in total. The molecule has 2 heteroatoms. The highest BCUT2D eigenvalue weighted by atomic mass is 15.2. The zero-order valence-electron chi connectivity index (χ0n) is 12.8. The van der Waals surface area contributed by atoms with Gasteiger partial charge < -0.3 is 0 Å². The van der Waals surface area contributed by atoms with E-state index in [1.807, 2.05) is 0 Å². The van der Waals surface area contributed by atoms with Gasteiger partial charge in [-0.1, -0.05) is 57.0 Å². The minimum absolute atomic E-state index is 0.430. The largest absolute Gasteiger partial charge is 0.271 e. The van der Waals surface area contributed by atoms with E-state index in [1.54, 1.807) is 0 Å². The van der Waals surface area contributed by atoms with Gasteiger partial charge in [-0.25, -0.2) is 0 Å². The number of rotatable bonds is 4. The molecular weight excluding hydrogens is 244 g/mol. The van der Waals surface area contributed by atoms with Crippen molar-refractivity contribution < 1.29 is 0 Å². The maximum atomic E-state index is 5.96. The Balaban J connectivity index is 1.72. The molecule has 3 rings (SSSR count). The SMILES string of the molecule is CC1(C)CCCCC1C(NN)C1CC1c1ccccc1. The second-order valence-corrected chi connectivity index (χ2v) is 7.45. The van der Waals surface area contributed by atoms with Crippen LogP contribution < -0.4 is 11.3 Å². The fourth-order valence-electron chi connectivity index (χ4n) is 4.42. The van der Waals surface area contributed by atoms with Gasteiger partial charge in [0.15, 0.2) is 0 Å². The van der Waals surface area contributed by atoms with Crippen LogP contribution in [0.15, 0.2) is 30.3 Å². The lowest BCUT2D eigenvalue weighted by molar-refractivity contribution is 0.0888. The summed E-state index contributed by atoms with van der Waals surface area (Å²) in [5.41, 5.74) is 5.11. The molecule has 0 aliphatic heterocycles. The molecule has 0 bridgehead atoms. The summed E-state index contributed by atoms with van der Waals surface area (Å²) in [5, 5.41) is 0. The Labute approximate surface area is 123 Å². The van der Waals surface area contributed by atoms with Crippen LogP contribution in [0.5, 0.6) is 0 Å². The fourth-order valence-corrected chi connectivity index (χ4v) is 4.42. The van der Waals surface area contributed by atoms with Crippen LogP contribution in [0, 0.1) is 17.3 Å². The van der Waals surface area contributed by atoms with Crippen LogP contribution in [0.3, 0.4) is 0 Å². The first-order chi connectivity index (χ1) is 9.63.